The van der Waals surface area contributed by atoms with Crippen LogP contribution in [0.2, 0.25) is 10.0 Å². The van der Waals surface area contributed by atoms with Crippen LogP contribution in [0.4, 0.5) is 4.79 Å². The number of nitrogens with one attached hydrogen (secondary N) is 1. The summed E-state index contributed by atoms with van der Waals surface area (Å²) in [6.07, 6.45) is 3.87. The van der Waals surface area contributed by atoms with Gasteiger partial charge in [-0.1, -0.05) is 29.3 Å². The van der Waals surface area contributed by atoms with Crippen molar-refractivity contribution in [1.29, 1.82) is 0 Å². The Morgan fingerprint density at radius 1 is 1.25 bits per heavy atom. The molecule has 3 rings (SSSR count). The highest BCUT2D eigenvalue weighted by molar-refractivity contribution is 8.18. The van der Waals surface area contributed by atoms with E-state index in [1.54, 1.807) is 42.7 Å². The van der Waals surface area contributed by atoms with E-state index in [4.69, 9.17) is 27.6 Å². The number of amides is 3. The van der Waals surface area contributed by atoms with Gasteiger partial charge in [-0.15, -0.1) is 0 Å². The van der Waals surface area contributed by atoms with Crippen LogP contribution in [-0.4, -0.2) is 35.0 Å². The first-order valence-corrected chi connectivity index (χ1v) is 10.0. The van der Waals surface area contributed by atoms with Crippen molar-refractivity contribution in [3.8, 4) is 0 Å². The lowest BCUT2D eigenvalue weighted by Gasteiger charge is -2.12. The summed E-state index contributed by atoms with van der Waals surface area (Å²) in [5, 5.41) is 3.19. The normalized spacial score (nSPS) is 15.5. The minimum Gasteiger partial charge on any atom is -0.469 e. The topological polar surface area (TPSA) is 79.6 Å². The molecular weight excluding hydrogens is 423 g/mol. The number of nitrogens with zero attached hydrogens (tertiary/aromatic N) is 1. The molecule has 0 radical (unpaired) electrons. The summed E-state index contributed by atoms with van der Waals surface area (Å²) in [5.41, 5.74) is 0.600. The number of rotatable bonds is 7. The van der Waals surface area contributed by atoms with Crippen molar-refractivity contribution in [2.45, 2.75) is 12.8 Å². The Hall–Kier alpha value is -2.22. The Morgan fingerprint density at radius 3 is 2.79 bits per heavy atom. The molecule has 0 aliphatic carbocycles. The molecule has 6 nitrogen and oxygen atoms in total. The molecule has 0 unspecified atom stereocenters. The highest BCUT2D eigenvalue weighted by Gasteiger charge is 2.34. The third-order valence-electron chi connectivity index (χ3n) is 3.96. The molecule has 146 valence electrons. The van der Waals surface area contributed by atoms with Crippen LogP contribution in [0.1, 0.15) is 17.7 Å². The van der Waals surface area contributed by atoms with Crippen LogP contribution in [0.3, 0.4) is 0 Å². The number of hydrogen-bond acceptors (Lipinski definition) is 5. The van der Waals surface area contributed by atoms with Crippen LogP contribution in [-0.2, 0) is 16.0 Å². The first kappa shape index (κ1) is 20.5. The Kier molecular flexibility index (Phi) is 6.83. The molecule has 1 saturated heterocycles. The number of benzene rings is 1. The van der Waals surface area contributed by atoms with Crippen LogP contribution in [0.15, 0.2) is 45.9 Å². The number of aryl methyl sites for hydroxylation is 1. The molecule has 0 bridgehead atoms. The predicted molar refractivity (Wildman–Crippen MR) is 109 cm³/mol. The highest BCUT2D eigenvalue weighted by atomic mass is 35.5. The molecule has 3 amide bonds. The van der Waals surface area contributed by atoms with Gasteiger partial charge in [-0.25, -0.2) is 0 Å². The van der Waals surface area contributed by atoms with E-state index in [-0.39, 0.29) is 35.6 Å². The third-order valence-corrected chi connectivity index (χ3v) is 5.43. The van der Waals surface area contributed by atoms with Crippen LogP contribution in [0, 0.1) is 0 Å². The van der Waals surface area contributed by atoms with E-state index in [2.05, 4.69) is 5.32 Å². The second-order valence-electron chi connectivity index (χ2n) is 5.93. The van der Waals surface area contributed by atoms with Crippen LogP contribution in [0.5, 0.6) is 0 Å². The van der Waals surface area contributed by atoms with E-state index in [0.29, 0.717) is 22.0 Å². The molecule has 1 aromatic heterocycles. The van der Waals surface area contributed by atoms with Gasteiger partial charge in [0.25, 0.3) is 11.1 Å². The average molecular weight is 439 g/mol. The first-order valence-electron chi connectivity index (χ1n) is 8.43. The maximum absolute atomic E-state index is 12.5. The van der Waals surface area contributed by atoms with Crippen molar-refractivity contribution < 1.29 is 18.8 Å². The number of carbonyl (C=O) groups excluding carboxylic acids is 3. The molecule has 0 atom stereocenters. The Bertz CT molecular complexity index is 928. The number of imide groups is 1. The summed E-state index contributed by atoms with van der Waals surface area (Å²) in [5.74, 6) is 0.143. The van der Waals surface area contributed by atoms with Gasteiger partial charge >= 0.3 is 0 Å². The lowest BCUT2D eigenvalue weighted by molar-refractivity contribution is -0.124. The van der Waals surface area contributed by atoms with Crippen molar-refractivity contribution in [3.05, 3.63) is 62.9 Å². The molecule has 2 aromatic rings. The van der Waals surface area contributed by atoms with Gasteiger partial charge in [0, 0.05) is 36.0 Å². The molecule has 1 N–H and O–H groups in total. The Labute approximate surface area is 175 Å². The minimum absolute atomic E-state index is 0.100. The SMILES string of the molecule is O=C(CCc1ccco1)NCCN1C(=O)S/C(=C\c2ccc(Cl)cc2Cl)C1=O. The molecule has 1 aromatic carbocycles. The Balaban J connectivity index is 1.52. The standard InChI is InChI=1S/C19H16Cl2N2O4S/c20-13-4-3-12(15(21)11-13)10-16-18(25)23(19(26)28-16)8-7-22-17(24)6-5-14-2-1-9-27-14/h1-4,9-11H,5-8H2,(H,22,24)/b16-10-. The van der Waals surface area contributed by atoms with Gasteiger partial charge < -0.3 is 9.73 Å². The fourth-order valence-corrected chi connectivity index (χ4v) is 3.86. The maximum Gasteiger partial charge on any atom is 0.293 e. The zero-order valence-electron chi connectivity index (χ0n) is 14.6. The molecule has 0 saturated carbocycles. The fraction of sp³-hybridized carbons (Fsp3) is 0.211. The fourth-order valence-electron chi connectivity index (χ4n) is 2.54. The number of thioether (sulfide) groups is 1. The molecule has 1 aliphatic rings. The van der Waals surface area contributed by atoms with Gasteiger partial charge in [-0.3, -0.25) is 19.3 Å². The maximum atomic E-state index is 12.5. The largest absolute Gasteiger partial charge is 0.469 e. The quantitative estimate of drug-likeness (QED) is 0.649. The van der Waals surface area contributed by atoms with Crippen molar-refractivity contribution >= 4 is 58.1 Å². The molecule has 28 heavy (non-hydrogen) atoms. The molecule has 1 aliphatic heterocycles. The van der Waals surface area contributed by atoms with Crippen molar-refractivity contribution in [2.24, 2.45) is 0 Å². The van der Waals surface area contributed by atoms with Gasteiger partial charge in [-0.2, -0.15) is 0 Å². The van der Waals surface area contributed by atoms with E-state index in [9.17, 15) is 14.4 Å². The highest BCUT2D eigenvalue weighted by Crippen LogP contribution is 2.33. The number of halogens is 2. The van der Waals surface area contributed by atoms with Gasteiger partial charge in [0.1, 0.15) is 5.76 Å². The van der Waals surface area contributed by atoms with Gasteiger partial charge in [0.05, 0.1) is 11.2 Å². The van der Waals surface area contributed by atoms with E-state index in [1.165, 1.54) is 0 Å². The summed E-state index contributed by atoms with van der Waals surface area (Å²) in [6, 6.07) is 8.46. The molecule has 9 heteroatoms. The first-order chi connectivity index (χ1) is 13.4. The predicted octanol–water partition coefficient (Wildman–Crippen LogP) is 4.37. The summed E-state index contributed by atoms with van der Waals surface area (Å²) in [6.45, 7) is 0.285. The molecule has 0 spiro atoms. The summed E-state index contributed by atoms with van der Waals surface area (Å²) < 4.78 is 5.17. The smallest absolute Gasteiger partial charge is 0.293 e. The molecular formula is C19H16Cl2N2O4S. The lowest BCUT2D eigenvalue weighted by atomic mass is 10.2. The van der Waals surface area contributed by atoms with Gasteiger partial charge in [-0.05, 0) is 47.7 Å². The molecule has 1 fully saturated rings. The second kappa shape index (κ2) is 9.32. The Morgan fingerprint density at radius 2 is 2.07 bits per heavy atom. The average Bonchev–Trinajstić information content (AvgIpc) is 3.26. The van der Waals surface area contributed by atoms with E-state index >= 15 is 0 Å². The van der Waals surface area contributed by atoms with E-state index in [1.807, 2.05) is 0 Å². The monoisotopic (exact) mass is 438 g/mol. The summed E-state index contributed by atoms with van der Waals surface area (Å²) >= 11 is 12.8. The lowest BCUT2D eigenvalue weighted by Crippen LogP contribution is -2.37. The number of carbonyl (C=O) groups is 3. The van der Waals surface area contributed by atoms with Crippen LogP contribution >= 0.6 is 35.0 Å². The van der Waals surface area contributed by atoms with Crippen molar-refractivity contribution in [2.75, 3.05) is 13.1 Å². The number of hydrogen-bond donors (Lipinski definition) is 1. The molecule has 2 heterocycles. The third kappa shape index (κ3) is 5.19. The van der Waals surface area contributed by atoms with Gasteiger partial charge in [0.2, 0.25) is 5.91 Å². The summed E-state index contributed by atoms with van der Waals surface area (Å²) in [7, 11) is 0. The van der Waals surface area contributed by atoms with Crippen LogP contribution in [0.25, 0.3) is 6.08 Å². The van der Waals surface area contributed by atoms with Crippen LogP contribution < -0.4 is 5.32 Å². The zero-order chi connectivity index (χ0) is 20.1. The van der Waals surface area contributed by atoms with E-state index < -0.39 is 5.91 Å². The second-order valence-corrected chi connectivity index (χ2v) is 7.77. The van der Waals surface area contributed by atoms with E-state index in [0.717, 1.165) is 22.4 Å². The van der Waals surface area contributed by atoms with Gasteiger partial charge in [0.15, 0.2) is 0 Å². The van der Waals surface area contributed by atoms with Crippen molar-refractivity contribution in [3.63, 3.8) is 0 Å². The minimum atomic E-state index is -0.411. The summed E-state index contributed by atoms with van der Waals surface area (Å²) in [4.78, 5) is 37.8. The number of furan rings is 1. The zero-order valence-corrected chi connectivity index (χ0v) is 16.9. The van der Waals surface area contributed by atoms with Crippen molar-refractivity contribution in [1.82, 2.24) is 10.2 Å².